The van der Waals surface area contributed by atoms with E-state index in [0.29, 0.717) is 24.7 Å². The molecule has 164 valence electrons. The summed E-state index contributed by atoms with van der Waals surface area (Å²) in [7, 11) is 3.99. The van der Waals surface area contributed by atoms with Gasteiger partial charge in [-0.2, -0.15) is 4.98 Å². The van der Waals surface area contributed by atoms with E-state index in [4.69, 9.17) is 4.52 Å². The van der Waals surface area contributed by atoms with Crippen LogP contribution in [0.25, 0.3) is 33.9 Å². The van der Waals surface area contributed by atoms with E-state index in [9.17, 15) is 4.79 Å². The highest BCUT2D eigenvalue weighted by Crippen LogP contribution is 2.27. The molecule has 0 N–H and O–H groups in total. The van der Waals surface area contributed by atoms with Gasteiger partial charge in [0, 0.05) is 57.0 Å². The number of carbonyl (C=O) groups is 1. The van der Waals surface area contributed by atoms with E-state index >= 15 is 0 Å². The Morgan fingerprint density at radius 3 is 2.75 bits per heavy atom. The third kappa shape index (κ3) is 3.95. The summed E-state index contributed by atoms with van der Waals surface area (Å²) >= 11 is 0. The highest BCUT2D eigenvalue weighted by atomic mass is 16.5. The van der Waals surface area contributed by atoms with Crippen molar-refractivity contribution >= 4 is 22.6 Å². The zero-order chi connectivity index (χ0) is 22.1. The number of nitrogens with zero attached hydrogens (tertiary/aromatic N) is 6. The van der Waals surface area contributed by atoms with Crippen molar-refractivity contribution in [3.8, 4) is 22.8 Å². The van der Waals surface area contributed by atoms with Crippen LogP contribution in [0.4, 0.5) is 5.69 Å². The summed E-state index contributed by atoms with van der Waals surface area (Å²) in [5.41, 5.74) is 4.62. The van der Waals surface area contributed by atoms with Crippen molar-refractivity contribution < 1.29 is 9.32 Å². The number of carbonyl (C=O) groups excluding carboxylic acids is 1. The van der Waals surface area contributed by atoms with Crippen LogP contribution >= 0.6 is 0 Å². The highest BCUT2D eigenvalue weighted by Gasteiger charge is 2.18. The van der Waals surface area contributed by atoms with Gasteiger partial charge in [0.05, 0.1) is 17.4 Å². The third-order valence-corrected chi connectivity index (χ3v) is 5.94. The Morgan fingerprint density at radius 2 is 1.94 bits per heavy atom. The van der Waals surface area contributed by atoms with Crippen LogP contribution in [0.1, 0.15) is 19.3 Å². The van der Waals surface area contributed by atoms with E-state index in [-0.39, 0.29) is 5.91 Å². The second-order valence-electron chi connectivity index (χ2n) is 8.35. The Labute approximate surface area is 186 Å². The van der Waals surface area contributed by atoms with Crippen molar-refractivity contribution in [1.29, 1.82) is 0 Å². The summed E-state index contributed by atoms with van der Waals surface area (Å²) in [6.45, 7) is 2.40. The summed E-state index contributed by atoms with van der Waals surface area (Å²) in [5.74, 6) is 1.23. The molecule has 1 aliphatic rings. The van der Waals surface area contributed by atoms with Gasteiger partial charge in [0.2, 0.25) is 11.7 Å². The molecule has 0 saturated carbocycles. The standard InChI is InChI=1S/C24H26N6O2/c1-28(2)19-7-5-6-18(14-19)24-26-23(27-32-24)17-8-9-21-20(15-17)25-16-30(21)13-10-22(31)29-11-3-4-12-29/h5-9,14-16H,3-4,10-13H2,1-2H3. The zero-order valence-electron chi connectivity index (χ0n) is 18.4. The molecule has 4 aromatic rings. The molecule has 32 heavy (non-hydrogen) atoms. The van der Waals surface area contributed by atoms with Crippen LogP contribution in [0.3, 0.4) is 0 Å². The van der Waals surface area contributed by atoms with Gasteiger partial charge in [-0.3, -0.25) is 4.79 Å². The minimum absolute atomic E-state index is 0.221. The van der Waals surface area contributed by atoms with Crippen LogP contribution in [-0.4, -0.2) is 57.7 Å². The molecule has 1 fully saturated rings. The lowest BCUT2D eigenvalue weighted by atomic mass is 10.1. The van der Waals surface area contributed by atoms with Crippen molar-refractivity contribution in [2.45, 2.75) is 25.8 Å². The van der Waals surface area contributed by atoms with Crippen molar-refractivity contribution in [3.63, 3.8) is 0 Å². The van der Waals surface area contributed by atoms with Gasteiger partial charge in [-0.15, -0.1) is 0 Å². The van der Waals surface area contributed by atoms with Gasteiger partial charge >= 0.3 is 0 Å². The van der Waals surface area contributed by atoms with Crippen LogP contribution < -0.4 is 4.90 Å². The molecule has 5 rings (SSSR count). The highest BCUT2D eigenvalue weighted by molar-refractivity contribution is 5.81. The minimum atomic E-state index is 0.221. The van der Waals surface area contributed by atoms with Crippen LogP contribution in [0.15, 0.2) is 53.3 Å². The Bertz CT molecular complexity index is 1250. The number of aromatic nitrogens is 4. The number of hydrogen-bond acceptors (Lipinski definition) is 6. The fraction of sp³-hybridized carbons (Fsp3) is 0.333. The smallest absolute Gasteiger partial charge is 0.258 e. The predicted octanol–water partition coefficient (Wildman–Crippen LogP) is 3.83. The van der Waals surface area contributed by atoms with Crippen molar-refractivity contribution in [1.82, 2.24) is 24.6 Å². The third-order valence-electron chi connectivity index (χ3n) is 5.94. The second kappa shape index (κ2) is 8.45. The molecule has 0 atom stereocenters. The largest absolute Gasteiger partial charge is 0.378 e. The quantitative estimate of drug-likeness (QED) is 0.462. The maximum absolute atomic E-state index is 12.4. The zero-order valence-corrected chi connectivity index (χ0v) is 18.4. The SMILES string of the molecule is CN(C)c1cccc(-c2nc(-c3ccc4c(c3)ncn4CCC(=O)N3CCCC3)no2)c1. The van der Waals surface area contributed by atoms with Crippen molar-refractivity contribution in [2.24, 2.45) is 0 Å². The Kier molecular flexibility index (Phi) is 5.34. The molecule has 2 aromatic carbocycles. The van der Waals surface area contributed by atoms with Gasteiger partial charge < -0.3 is 18.9 Å². The van der Waals surface area contributed by atoms with Crippen LogP contribution in [-0.2, 0) is 11.3 Å². The molecule has 3 heterocycles. The molecule has 0 bridgehead atoms. The molecule has 8 heteroatoms. The molecule has 0 spiro atoms. The average Bonchev–Trinajstić information content (AvgIpc) is 3.58. The molecule has 0 radical (unpaired) electrons. The molecular formula is C24H26N6O2. The number of anilines is 1. The van der Waals surface area contributed by atoms with E-state index in [1.807, 2.05) is 70.9 Å². The summed E-state index contributed by atoms with van der Waals surface area (Å²) < 4.78 is 7.55. The predicted molar refractivity (Wildman–Crippen MR) is 123 cm³/mol. The lowest BCUT2D eigenvalue weighted by molar-refractivity contribution is -0.130. The van der Waals surface area contributed by atoms with E-state index in [2.05, 4.69) is 15.1 Å². The molecule has 2 aromatic heterocycles. The van der Waals surface area contributed by atoms with E-state index < -0.39 is 0 Å². The summed E-state index contributed by atoms with van der Waals surface area (Å²) in [6, 6.07) is 13.9. The lowest BCUT2D eigenvalue weighted by Crippen LogP contribution is -2.28. The van der Waals surface area contributed by atoms with Crippen LogP contribution in [0.2, 0.25) is 0 Å². The van der Waals surface area contributed by atoms with E-state index in [1.165, 1.54) is 0 Å². The number of benzene rings is 2. The number of amides is 1. The van der Waals surface area contributed by atoms with Gasteiger partial charge in [-0.05, 0) is 49.2 Å². The second-order valence-corrected chi connectivity index (χ2v) is 8.35. The molecule has 8 nitrogen and oxygen atoms in total. The van der Waals surface area contributed by atoms with Gasteiger partial charge in [0.1, 0.15) is 0 Å². The first-order chi connectivity index (χ1) is 15.6. The summed E-state index contributed by atoms with van der Waals surface area (Å²) in [5, 5.41) is 4.17. The Hall–Kier alpha value is -3.68. The molecule has 1 amide bonds. The average molecular weight is 431 g/mol. The first-order valence-electron chi connectivity index (χ1n) is 10.9. The van der Waals surface area contributed by atoms with E-state index in [0.717, 1.165) is 53.8 Å². The Morgan fingerprint density at radius 1 is 1.09 bits per heavy atom. The molecule has 1 aliphatic heterocycles. The fourth-order valence-corrected chi connectivity index (χ4v) is 4.10. The first kappa shape index (κ1) is 20.2. The summed E-state index contributed by atoms with van der Waals surface area (Å²) in [4.78, 5) is 25.5. The van der Waals surface area contributed by atoms with Gasteiger partial charge in [-0.25, -0.2) is 4.98 Å². The number of imidazole rings is 1. The number of likely N-dealkylation sites (tertiary alicyclic amines) is 1. The normalized spacial score (nSPS) is 13.8. The van der Waals surface area contributed by atoms with Crippen LogP contribution in [0, 0.1) is 0 Å². The maximum atomic E-state index is 12.4. The lowest BCUT2D eigenvalue weighted by Gasteiger charge is -2.15. The molecule has 0 unspecified atom stereocenters. The number of fused-ring (bicyclic) bond motifs is 1. The molecule has 0 aliphatic carbocycles. The maximum Gasteiger partial charge on any atom is 0.258 e. The van der Waals surface area contributed by atoms with Crippen molar-refractivity contribution in [2.75, 3.05) is 32.1 Å². The first-order valence-corrected chi connectivity index (χ1v) is 10.9. The molecular weight excluding hydrogens is 404 g/mol. The van der Waals surface area contributed by atoms with Crippen LogP contribution in [0.5, 0.6) is 0 Å². The fourth-order valence-electron chi connectivity index (χ4n) is 4.10. The monoisotopic (exact) mass is 430 g/mol. The molecule has 1 saturated heterocycles. The van der Waals surface area contributed by atoms with Gasteiger partial charge in [-0.1, -0.05) is 11.2 Å². The van der Waals surface area contributed by atoms with E-state index in [1.54, 1.807) is 6.33 Å². The summed E-state index contributed by atoms with van der Waals surface area (Å²) in [6.07, 6.45) is 4.51. The van der Waals surface area contributed by atoms with Crippen molar-refractivity contribution in [3.05, 3.63) is 48.8 Å². The Balaban J connectivity index is 1.34. The number of aryl methyl sites for hydroxylation is 1. The topological polar surface area (TPSA) is 80.3 Å². The van der Waals surface area contributed by atoms with Gasteiger partial charge in [0.15, 0.2) is 0 Å². The number of hydrogen-bond donors (Lipinski definition) is 0. The number of rotatable bonds is 6. The minimum Gasteiger partial charge on any atom is -0.378 e. The van der Waals surface area contributed by atoms with Gasteiger partial charge in [0.25, 0.3) is 5.89 Å².